The van der Waals surface area contributed by atoms with E-state index in [2.05, 4.69) is 23.8 Å². The number of aliphatic imine (C=N–C) groups is 1. The van der Waals surface area contributed by atoms with Crippen molar-refractivity contribution in [1.82, 2.24) is 9.88 Å². The van der Waals surface area contributed by atoms with Crippen molar-refractivity contribution in [2.24, 2.45) is 10.7 Å². The highest BCUT2D eigenvalue weighted by Gasteiger charge is 2.20. The number of rotatable bonds is 5. The van der Waals surface area contributed by atoms with Gasteiger partial charge in [0.2, 0.25) is 5.91 Å². The normalized spacial score (nSPS) is 13.8. The van der Waals surface area contributed by atoms with Crippen LogP contribution in [0.1, 0.15) is 38.8 Å². The van der Waals surface area contributed by atoms with Crippen LogP contribution in [0.3, 0.4) is 0 Å². The highest BCUT2D eigenvalue weighted by molar-refractivity contribution is 6.05. The lowest BCUT2D eigenvalue weighted by molar-refractivity contribution is -0.127. The summed E-state index contributed by atoms with van der Waals surface area (Å²) in [6.07, 6.45) is 5.78. The van der Waals surface area contributed by atoms with E-state index in [-0.39, 0.29) is 5.91 Å². The van der Waals surface area contributed by atoms with Gasteiger partial charge in [-0.3, -0.25) is 9.78 Å². The Morgan fingerprint density at radius 1 is 1.33 bits per heavy atom. The second-order valence-corrected chi connectivity index (χ2v) is 5.15. The third-order valence-corrected chi connectivity index (χ3v) is 3.31. The van der Waals surface area contributed by atoms with Gasteiger partial charge in [-0.25, -0.2) is 4.99 Å². The molecule has 0 fully saturated rings. The minimum Gasteiger partial charge on any atom is -0.387 e. The Morgan fingerprint density at radius 2 is 2.05 bits per heavy atom. The molecule has 1 aromatic rings. The van der Waals surface area contributed by atoms with Crippen LogP contribution >= 0.6 is 0 Å². The van der Waals surface area contributed by atoms with Gasteiger partial charge in [-0.2, -0.15) is 0 Å². The molecule has 0 saturated carbocycles. The molecule has 0 atom stereocenters. The minimum absolute atomic E-state index is 0.0374. The molecule has 0 radical (unpaired) electrons. The third-order valence-electron chi connectivity index (χ3n) is 3.31. The first kappa shape index (κ1) is 15.2. The molecule has 5 heteroatoms. The number of nitrogens with zero attached hydrogens (tertiary/aromatic N) is 3. The van der Waals surface area contributed by atoms with Crippen LogP contribution in [0.2, 0.25) is 0 Å². The highest BCUT2D eigenvalue weighted by atomic mass is 16.2. The number of aromatic nitrogens is 1. The molecule has 21 heavy (non-hydrogen) atoms. The lowest BCUT2D eigenvalue weighted by atomic mass is 10.1. The lowest BCUT2D eigenvalue weighted by Crippen LogP contribution is -2.34. The molecular formula is C16H22N4O. The number of hydrogen-bond donors (Lipinski definition) is 1. The van der Waals surface area contributed by atoms with E-state index in [1.165, 1.54) is 0 Å². The van der Waals surface area contributed by atoms with E-state index >= 15 is 0 Å². The van der Waals surface area contributed by atoms with E-state index in [0.29, 0.717) is 23.5 Å². The summed E-state index contributed by atoms with van der Waals surface area (Å²) < 4.78 is 0. The van der Waals surface area contributed by atoms with Crippen molar-refractivity contribution in [1.29, 1.82) is 0 Å². The van der Waals surface area contributed by atoms with Crippen LogP contribution in [0.15, 0.2) is 28.9 Å². The minimum atomic E-state index is 0.0374. The molecule has 1 aromatic heterocycles. The monoisotopic (exact) mass is 286 g/mol. The van der Waals surface area contributed by atoms with Crippen LogP contribution in [0.4, 0.5) is 5.69 Å². The molecule has 2 heterocycles. The summed E-state index contributed by atoms with van der Waals surface area (Å²) in [6.45, 7) is 5.67. The van der Waals surface area contributed by atoms with E-state index in [0.717, 1.165) is 31.6 Å². The molecule has 2 N–H and O–H groups in total. The molecular weight excluding hydrogens is 264 g/mol. The molecule has 1 aliphatic rings. The zero-order valence-electron chi connectivity index (χ0n) is 12.7. The molecule has 5 nitrogen and oxygen atoms in total. The number of nitrogens with two attached hydrogens (primary N) is 1. The second-order valence-electron chi connectivity index (χ2n) is 5.15. The SMILES string of the molecule is CCCN(CCC)C(=O)C1=Cc2ncccc2N=C(N)C1. The zero-order chi connectivity index (χ0) is 15.2. The maximum absolute atomic E-state index is 12.7. The van der Waals surface area contributed by atoms with Crippen molar-refractivity contribution in [2.45, 2.75) is 33.1 Å². The van der Waals surface area contributed by atoms with Gasteiger partial charge < -0.3 is 10.6 Å². The molecule has 1 aliphatic heterocycles. The topological polar surface area (TPSA) is 71.6 Å². The fraction of sp³-hybridized carbons (Fsp3) is 0.438. The van der Waals surface area contributed by atoms with Crippen LogP contribution < -0.4 is 5.73 Å². The summed E-state index contributed by atoms with van der Waals surface area (Å²) in [6, 6.07) is 3.67. The maximum Gasteiger partial charge on any atom is 0.250 e. The van der Waals surface area contributed by atoms with E-state index < -0.39 is 0 Å². The summed E-state index contributed by atoms with van der Waals surface area (Å²) in [4.78, 5) is 23.2. The first-order chi connectivity index (χ1) is 10.2. The Labute approximate surface area is 125 Å². The Morgan fingerprint density at radius 3 is 2.71 bits per heavy atom. The standard InChI is InChI=1S/C16H22N4O/c1-3-8-20(9-4-2)16(21)12-10-14-13(6-5-7-18-14)19-15(17)11-12/h5-7,10H,3-4,8-9,11H2,1-2H3,(H2,17,19). The molecule has 1 amide bonds. The lowest BCUT2D eigenvalue weighted by Gasteiger charge is -2.22. The number of amidine groups is 1. The summed E-state index contributed by atoms with van der Waals surface area (Å²) in [5, 5.41) is 0. The van der Waals surface area contributed by atoms with Gasteiger partial charge in [0.15, 0.2) is 0 Å². The van der Waals surface area contributed by atoms with Crippen molar-refractivity contribution >= 4 is 23.5 Å². The van der Waals surface area contributed by atoms with Crippen LogP contribution in [0, 0.1) is 0 Å². The summed E-state index contributed by atoms with van der Waals surface area (Å²) in [7, 11) is 0. The average Bonchev–Trinajstić information content (AvgIpc) is 2.64. The number of hydrogen-bond acceptors (Lipinski definition) is 4. The fourth-order valence-corrected chi connectivity index (χ4v) is 2.42. The van der Waals surface area contributed by atoms with E-state index in [9.17, 15) is 4.79 Å². The molecule has 0 spiro atoms. The van der Waals surface area contributed by atoms with Gasteiger partial charge in [-0.15, -0.1) is 0 Å². The van der Waals surface area contributed by atoms with Gasteiger partial charge in [0.05, 0.1) is 11.4 Å². The molecule has 2 rings (SSSR count). The Hall–Kier alpha value is -2.17. The average molecular weight is 286 g/mol. The van der Waals surface area contributed by atoms with Crippen molar-refractivity contribution in [3.63, 3.8) is 0 Å². The Balaban J connectivity index is 2.33. The number of amides is 1. The first-order valence-electron chi connectivity index (χ1n) is 7.43. The van der Waals surface area contributed by atoms with Gasteiger partial charge in [-0.05, 0) is 31.1 Å². The van der Waals surface area contributed by atoms with Crippen LogP contribution in [0.25, 0.3) is 6.08 Å². The number of carbonyl (C=O) groups is 1. The fourth-order valence-electron chi connectivity index (χ4n) is 2.42. The molecule has 0 aromatic carbocycles. The van der Waals surface area contributed by atoms with E-state index in [1.54, 1.807) is 6.20 Å². The predicted octanol–water partition coefficient (Wildman–Crippen LogP) is 2.51. The number of carbonyl (C=O) groups excluding carboxylic acids is 1. The van der Waals surface area contributed by atoms with Gasteiger partial charge in [0.1, 0.15) is 5.84 Å². The third kappa shape index (κ3) is 3.68. The summed E-state index contributed by atoms with van der Waals surface area (Å²) in [5.41, 5.74) is 8.02. The predicted molar refractivity (Wildman–Crippen MR) is 85.3 cm³/mol. The van der Waals surface area contributed by atoms with Crippen molar-refractivity contribution in [3.8, 4) is 0 Å². The maximum atomic E-state index is 12.7. The van der Waals surface area contributed by atoms with Crippen LogP contribution in [-0.4, -0.2) is 34.7 Å². The summed E-state index contributed by atoms with van der Waals surface area (Å²) in [5.74, 6) is 0.490. The Bertz CT molecular complexity index is 571. The van der Waals surface area contributed by atoms with E-state index in [1.807, 2.05) is 23.1 Å². The molecule has 112 valence electrons. The smallest absolute Gasteiger partial charge is 0.250 e. The Kier molecular flexibility index (Phi) is 5.09. The molecule has 0 aliphatic carbocycles. The largest absolute Gasteiger partial charge is 0.387 e. The van der Waals surface area contributed by atoms with E-state index in [4.69, 9.17) is 5.73 Å². The summed E-state index contributed by atoms with van der Waals surface area (Å²) >= 11 is 0. The molecule has 0 saturated heterocycles. The molecule has 0 unspecified atom stereocenters. The van der Waals surface area contributed by atoms with Gasteiger partial charge in [0.25, 0.3) is 0 Å². The number of pyridine rings is 1. The van der Waals surface area contributed by atoms with Crippen molar-refractivity contribution in [2.75, 3.05) is 13.1 Å². The van der Waals surface area contributed by atoms with Gasteiger partial charge in [-0.1, -0.05) is 13.8 Å². The van der Waals surface area contributed by atoms with Crippen molar-refractivity contribution in [3.05, 3.63) is 29.6 Å². The zero-order valence-corrected chi connectivity index (χ0v) is 12.7. The quantitative estimate of drug-likeness (QED) is 0.904. The first-order valence-corrected chi connectivity index (χ1v) is 7.43. The van der Waals surface area contributed by atoms with Gasteiger partial charge >= 0.3 is 0 Å². The van der Waals surface area contributed by atoms with Crippen LogP contribution in [0.5, 0.6) is 0 Å². The van der Waals surface area contributed by atoms with Crippen molar-refractivity contribution < 1.29 is 4.79 Å². The second kappa shape index (κ2) is 7.02. The van der Waals surface area contributed by atoms with Crippen LogP contribution in [-0.2, 0) is 4.79 Å². The molecule has 0 bridgehead atoms. The van der Waals surface area contributed by atoms with Gasteiger partial charge in [0, 0.05) is 31.3 Å². The number of fused-ring (bicyclic) bond motifs is 1. The highest BCUT2D eigenvalue weighted by Crippen LogP contribution is 2.25.